The molecule has 17 heavy (non-hydrogen) atoms. The Balaban J connectivity index is 2.05. The van der Waals surface area contributed by atoms with Crippen LogP contribution in [-0.4, -0.2) is 29.3 Å². The van der Waals surface area contributed by atoms with Crippen LogP contribution in [0.25, 0.3) is 0 Å². The molecular weight excluding hydrogens is 210 g/mol. The summed E-state index contributed by atoms with van der Waals surface area (Å²) in [6.07, 6.45) is 4.80. The van der Waals surface area contributed by atoms with E-state index in [0.29, 0.717) is 11.8 Å². The van der Waals surface area contributed by atoms with Crippen LogP contribution in [0.3, 0.4) is 0 Å². The van der Waals surface area contributed by atoms with E-state index in [9.17, 15) is 4.79 Å². The molecular formula is C15H27NO. The molecule has 1 saturated heterocycles. The predicted octanol–water partition coefficient (Wildman–Crippen LogP) is 3.11. The number of hydrogen-bond acceptors (Lipinski definition) is 2. The van der Waals surface area contributed by atoms with Crippen molar-refractivity contribution in [2.45, 2.75) is 65.5 Å². The van der Waals surface area contributed by atoms with E-state index >= 15 is 0 Å². The van der Waals surface area contributed by atoms with Gasteiger partial charge in [0, 0.05) is 31.0 Å². The summed E-state index contributed by atoms with van der Waals surface area (Å²) in [5.41, 5.74) is 0. The SMILES string of the molecule is CCC1CCC(N2CCC(=O)C(C)C2C)C1C. The zero-order chi connectivity index (χ0) is 12.6. The van der Waals surface area contributed by atoms with Gasteiger partial charge in [0.25, 0.3) is 0 Å². The molecule has 0 aromatic heterocycles. The first-order chi connectivity index (χ1) is 8.06. The second-order valence-electron chi connectivity index (χ2n) is 6.16. The van der Waals surface area contributed by atoms with Gasteiger partial charge in [-0.3, -0.25) is 9.69 Å². The summed E-state index contributed by atoms with van der Waals surface area (Å²) in [7, 11) is 0. The predicted molar refractivity (Wildman–Crippen MR) is 70.9 cm³/mol. The molecule has 0 bridgehead atoms. The van der Waals surface area contributed by atoms with E-state index < -0.39 is 0 Å². The third-order valence-corrected chi connectivity index (χ3v) is 5.51. The average Bonchev–Trinajstić information content (AvgIpc) is 2.68. The summed E-state index contributed by atoms with van der Waals surface area (Å²) in [5, 5.41) is 0. The minimum absolute atomic E-state index is 0.233. The molecule has 1 aliphatic carbocycles. The summed E-state index contributed by atoms with van der Waals surface area (Å²) in [6.45, 7) is 10.1. The Kier molecular flexibility index (Phi) is 3.92. The number of Topliss-reactive ketones (excluding diaryl/α,β-unsaturated/α-hetero) is 1. The van der Waals surface area contributed by atoms with E-state index in [1.54, 1.807) is 0 Å². The molecule has 2 nitrogen and oxygen atoms in total. The molecule has 2 heteroatoms. The van der Waals surface area contributed by atoms with Crippen molar-refractivity contribution in [3.05, 3.63) is 0 Å². The lowest BCUT2D eigenvalue weighted by Gasteiger charge is -2.43. The minimum Gasteiger partial charge on any atom is -0.299 e. The van der Waals surface area contributed by atoms with Gasteiger partial charge in [-0.25, -0.2) is 0 Å². The van der Waals surface area contributed by atoms with E-state index in [1.165, 1.54) is 19.3 Å². The van der Waals surface area contributed by atoms with Gasteiger partial charge < -0.3 is 0 Å². The Morgan fingerprint density at radius 1 is 1.24 bits per heavy atom. The minimum atomic E-state index is 0.233. The molecule has 1 aliphatic heterocycles. The van der Waals surface area contributed by atoms with Gasteiger partial charge in [-0.05, 0) is 31.6 Å². The molecule has 98 valence electrons. The number of piperidine rings is 1. The van der Waals surface area contributed by atoms with Crippen LogP contribution >= 0.6 is 0 Å². The maximum Gasteiger partial charge on any atom is 0.138 e. The normalized spacial score (nSPS) is 44.2. The highest BCUT2D eigenvalue weighted by atomic mass is 16.1. The fraction of sp³-hybridized carbons (Fsp3) is 0.933. The summed E-state index contributed by atoms with van der Waals surface area (Å²) in [4.78, 5) is 14.4. The van der Waals surface area contributed by atoms with Crippen LogP contribution in [0, 0.1) is 17.8 Å². The monoisotopic (exact) mass is 237 g/mol. The zero-order valence-electron chi connectivity index (χ0n) is 11.8. The number of likely N-dealkylation sites (tertiary alicyclic amines) is 1. The van der Waals surface area contributed by atoms with E-state index in [0.717, 1.165) is 30.8 Å². The molecule has 1 saturated carbocycles. The Hall–Kier alpha value is -0.370. The smallest absolute Gasteiger partial charge is 0.138 e. The molecule has 0 N–H and O–H groups in total. The van der Waals surface area contributed by atoms with E-state index in [-0.39, 0.29) is 5.92 Å². The van der Waals surface area contributed by atoms with Gasteiger partial charge in [-0.2, -0.15) is 0 Å². The highest BCUT2D eigenvalue weighted by molar-refractivity contribution is 5.82. The number of hydrogen-bond donors (Lipinski definition) is 0. The quantitative estimate of drug-likeness (QED) is 0.735. The maximum atomic E-state index is 11.7. The first-order valence-corrected chi connectivity index (χ1v) is 7.34. The molecule has 0 aromatic carbocycles. The number of carbonyl (C=O) groups is 1. The average molecular weight is 237 g/mol. The third kappa shape index (κ3) is 2.29. The molecule has 2 aliphatic rings. The zero-order valence-corrected chi connectivity index (χ0v) is 11.8. The molecule has 1 heterocycles. The van der Waals surface area contributed by atoms with Crippen molar-refractivity contribution in [3.8, 4) is 0 Å². The Morgan fingerprint density at radius 2 is 1.94 bits per heavy atom. The topological polar surface area (TPSA) is 20.3 Å². The lowest BCUT2D eigenvalue weighted by molar-refractivity contribution is -0.129. The number of ketones is 1. The van der Waals surface area contributed by atoms with Crippen molar-refractivity contribution in [2.24, 2.45) is 17.8 Å². The molecule has 5 unspecified atom stereocenters. The van der Waals surface area contributed by atoms with Crippen molar-refractivity contribution in [1.82, 2.24) is 4.90 Å². The molecule has 0 aromatic rings. The standard InChI is InChI=1S/C15H27NO/c1-5-13-6-7-14(11(13)3)16-9-8-15(17)10(2)12(16)4/h10-14H,5-9H2,1-4H3. The van der Waals surface area contributed by atoms with E-state index in [2.05, 4.69) is 32.6 Å². The fourth-order valence-electron chi connectivity index (χ4n) is 3.96. The van der Waals surface area contributed by atoms with Crippen molar-refractivity contribution in [1.29, 1.82) is 0 Å². The first-order valence-electron chi connectivity index (χ1n) is 7.34. The van der Waals surface area contributed by atoms with Crippen molar-refractivity contribution in [3.63, 3.8) is 0 Å². The maximum absolute atomic E-state index is 11.7. The fourth-order valence-corrected chi connectivity index (χ4v) is 3.96. The number of nitrogens with zero attached hydrogens (tertiary/aromatic N) is 1. The molecule has 2 fully saturated rings. The third-order valence-electron chi connectivity index (χ3n) is 5.51. The molecule has 0 radical (unpaired) electrons. The summed E-state index contributed by atoms with van der Waals surface area (Å²) in [5.74, 6) is 2.41. The molecule has 0 spiro atoms. The van der Waals surface area contributed by atoms with Crippen LogP contribution in [0.1, 0.15) is 53.4 Å². The van der Waals surface area contributed by atoms with E-state index in [1.807, 2.05) is 0 Å². The van der Waals surface area contributed by atoms with Gasteiger partial charge in [0.15, 0.2) is 0 Å². The highest BCUT2D eigenvalue weighted by Crippen LogP contribution is 2.39. The van der Waals surface area contributed by atoms with Gasteiger partial charge in [0.05, 0.1) is 0 Å². The van der Waals surface area contributed by atoms with Gasteiger partial charge in [-0.15, -0.1) is 0 Å². The van der Waals surface area contributed by atoms with Gasteiger partial charge in [0.2, 0.25) is 0 Å². The Labute approximate surface area is 106 Å². The highest BCUT2D eigenvalue weighted by Gasteiger charge is 2.41. The van der Waals surface area contributed by atoms with Gasteiger partial charge in [0.1, 0.15) is 5.78 Å². The second kappa shape index (κ2) is 5.09. The Morgan fingerprint density at radius 3 is 2.53 bits per heavy atom. The van der Waals surface area contributed by atoms with E-state index in [4.69, 9.17) is 0 Å². The first kappa shape index (κ1) is 13.1. The van der Waals surface area contributed by atoms with Crippen LogP contribution in [0.2, 0.25) is 0 Å². The Bertz CT molecular complexity index is 289. The molecule has 5 atom stereocenters. The lowest BCUT2D eigenvalue weighted by Crippen LogP contribution is -2.52. The van der Waals surface area contributed by atoms with Crippen molar-refractivity contribution < 1.29 is 4.79 Å². The number of rotatable bonds is 2. The second-order valence-corrected chi connectivity index (χ2v) is 6.16. The van der Waals surface area contributed by atoms with Gasteiger partial charge >= 0.3 is 0 Å². The van der Waals surface area contributed by atoms with Crippen molar-refractivity contribution in [2.75, 3.05) is 6.54 Å². The largest absolute Gasteiger partial charge is 0.299 e. The van der Waals surface area contributed by atoms with Crippen molar-refractivity contribution >= 4 is 5.78 Å². The lowest BCUT2D eigenvalue weighted by atomic mass is 9.86. The molecule has 0 amide bonds. The van der Waals surface area contributed by atoms with Crippen LogP contribution in [0.5, 0.6) is 0 Å². The van der Waals surface area contributed by atoms with Crippen LogP contribution in [0.15, 0.2) is 0 Å². The van der Waals surface area contributed by atoms with Crippen LogP contribution in [-0.2, 0) is 4.79 Å². The summed E-state index contributed by atoms with van der Waals surface area (Å²) in [6, 6.07) is 1.17. The van der Waals surface area contributed by atoms with Crippen LogP contribution in [0.4, 0.5) is 0 Å². The number of carbonyl (C=O) groups excluding carboxylic acids is 1. The van der Waals surface area contributed by atoms with Gasteiger partial charge in [-0.1, -0.05) is 27.2 Å². The molecule has 2 rings (SSSR count). The summed E-state index contributed by atoms with van der Waals surface area (Å²) < 4.78 is 0. The summed E-state index contributed by atoms with van der Waals surface area (Å²) >= 11 is 0. The van der Waals surface area contributed by atoms with Crippen LogP contribution < -0.4 is 0 Å².